The van der Waals surface area contributed by atoms with Crippen molar-refractivity contribution < 1.29 is 18.9 Å². The molecule has 3 aromatic rings. The number of nitrogens with one attached hydrogen (secondary N) is 2. The van der Waals surface area contributed by atoms with Crippen molar-refractivity contribution in [2.45, 2.75) is 26.8 Å². The Morgan fingerprint density at radius 3 is 2.51 bits per heavy atom. The van der Waals surface area contributed by atoms with Crippen LogP contribution in [0, 0.1) is 23.0 Å². The van der Waals surface area contributed by atoms with Gasteiger partial charge in [-0.15, -0.1) is 0 Å². The van der Waals surface area contributed by atoms with Crippen LogP contribution in [0.3, 0.4) is 0 Å². The molecular formula is C24H22Cl2N4O5. The molecule has 1 atom stereocenters. The summed E-state index contributed by atoms with van der Waals surface area (Å²) >= 11 is 11.9. The number of hydrogen-bond acceptors (Lipinski definition) is 6. The summed E-state index contributed by atoms with van der Waals surface area (Å²) in [5, 5.41) is 18.5. The Hall–Kier alpha value is -3.69. The average Bonchev–Trinajstić information content (AvgIpc) is 3.25. The van der Waals surface area contributed by atoms with Gasteiger partial charge in [-0.3, -0.25) is 19.7 Å². The number of carbonyl (C=O) groups excluding carboxylic acids is 2. The second kappa shape index (κ2) is 11.2. The Balaban J connectivity index is 1.68. The first-order chi connectivity index (χ1) is 16.6. The highest BCUT2D eigenvalue weighted by Crippen LogP contribution is 2.31. The van der Waals surface area contributed by atoms with E-state index in [4.69, 9.17) is 27.6 Å². The lowest BCUT2D eigenvalue weighted by atomic mass is 10.0. The van der Waals surface area contributed by atoms with E-state index in [1.807, 2.05) is 0 Å². The van der Waals surface area contributed by atoms with Gasteiger partial charge in [-0.25, -0.2) is 5.43 Å². The average molecular weight is 517 g/mol. The van der Waals surface area contributed by atoms with Crippen LogP contribution in [-0.2, 0) is 4.79 Å². The van der Waals surface area contributed by atoms with E-state index < -0.39 is 22.8 Å². The summed E-state index contributed by atoms with van der Waals surface area (Å²) in [4.78, 5) is 36.2. The molecule has 0 aliphatic rings. The molecule has 2 amide bonds. The van der Waals surface area contributed by atoms with Crippen LogP contribution in [0.15, 0.2) is 58.0 Å². The maximum atomic E-state index is 12.7. The molecule has 0 spiro atoms. The van der Waals surface area contributed by atoms with Crippen LogP contribution in [-0.4, -0.2) is 29.0 Å². The number of furan rings is 1. The number of hydrazone groups is 1. The van der Waals surface area contributed by atoms with Crippen molar-refractivity contribution in [2.75, 3.05) is 0 Å². The van der Waals surface area contributed by atoms with Crippen LogP contribution in [0.25, 0.3) is 11.3 Å². The van der Waals surface area contributed by atoms with Crippen LogP contribution in [0.4, 0.5) is 5.69 Å². The van der Waals surface area contributed by atoms with Crippen molar-refractivity contribution >= 4 is 46.9 Å². The van der Waals surface area contributed by atoms with E-state index in [1.54, 1.807) is 45.0 Å². The second-order valence-corrected chi connectivity index (χ2v) is 8.88. The lowest BCUT2D eigenvalue weighted by Gasteiger charge is -2.20. The third kappa shape index (κ3) is 6.46. The maximum Gasteiger partial charge on any atom is 0.280 e. The molecule has 0 bridgehead atoms. The number of nitrogens with zero attached hydrogens (tertiary/aromatic N) is 2. The summed E-state index contributed by atoms with van der Waals surface area (Å²) in [5.41, 5.74) is 3.56. The number of hydrogen-bond donors (Lipinski definition) is 2. The van der Waals surface area contributed by atoms with Crippen molar-refractivity contribution in [3.63, 3.8) is 0 Å². The Kier molecular flexibility index (Phi) is 8.26. The molecule has 0 radical (unpaired) electrons. The molecule has 0 aliphatic carbocycles. The van der Waals surface area contributed by atoms with Crippen molar-refractivity contribution in [1.29, 1.82) is 0 Å². The zero-order valence-electron chi connectivity index (χ0n) is 19.0. The van der Waals surface area contributed by atoms with Gasteiger partial charge in [-0.2, -0.15) is 5.10 Å². The number of amides is 2. The van der Waals surface area contributed by atoms with Gasteiger partial charge in [0.05, 0.1) is 27.3 Å². The first-order valence-corrected chi connectivity index (χ1v) is 11.3. The molecular weight excluding hydrogens is 495 g/mol. The van der Waals surface area contributed by atoms with E-state index in [-0.39, 0.29) is 33.7 Å². The minimum Gasteiger partial charge on any atom is -0.455 e. The number of rotatable bonds is 8. The fourth-order valence-electron chi connectivity index (χ4n) is 3.22. The summed E-state index contributed by atoms with van der Waals surface area (Å²) in [6.07, 6.45) is 1.26. The van der Waals surface area contributed by atoms with Gasteiger partial charge in [-0.05, 0) is 54.8 Å². The lowest BCUT2D eigenvalue weighted by molar-refractivity contribution is -0.384. The minimum absolute atomic E-state index is 0.0764. The third-order valence-electron chi connectivity index (χ3n) is 5.02. The lowest BCUT2D eigenvalue weighted by Crippen LogP contribution is -2.48. The molecule has 1 heterocycles. The molecule has 2 N–H and O–H groups in total. The van der Waals surface area contributed by atoms with E-state index in [2.05, 4.69) is 15.8 Å². The molecule has 2 aromatic carbocycles. The maximum absolute atomic E-state index is 12.7. The Morgan fingerprint density at radius 2 is 1.86 bits per heavy atom. The first-order valence-electron chi connectivity index (χ1n) is 10.5. The van der Waals surface area contributed by atoms with Crippen molar-refractivity contribution in [1.82, 2.24) is 10.7 Å². The van der Waals surface area contributed by atoms with Crippen LogP contribution in [0.5, 0.6) is 0 Å². The minimum atomic E-state index is -0.895. The number of nitro groups is 1. The van der Waals surface area contributed by atoms with Gasteiger partial charge < -0.3 is 9.73 Å². The standard InChI is InChI=1S/C24H22Cl2N4O5/c1-13(2)22(28-23(31)17-8-5-15(25)11-19(17)26)24(32)29-27-12-16-6-9-21(35-16)18-7-4-14(3)10-20(18)30(33)34/h4-13,22H,1-3H3,(H,28,31)(H,29,32). The molecule has 0 aliphatic heterocycles. The largest absolute Gasteiger partial charge is 0.455 e. The van der Waals surface area contributed by atoms with Crippen LogP contribution < -0.4 is 10.7 Å². The van der Waals surface area contributed by atoms with E-state index in [9.17, 15) is 19.7 Å². The van der Waals surface area contributed by atoms with Gasteiger partial charge in [0.15, 0.2) is 0 Å². The van der Waals surface area contributed by atoms with Crippen molar-refractivity contribution in [2.24, 2.45) is 11.0 Å². The molecule has 1 unspecified atom stereocenters. The molecule has 9 nitrogen and oxygen atoms in total. The molecule has 0 saturated carbocycles. The summed E-state index contributed by atoms with van der Waals surface area (Å²) in [7, 11) is 0. The van der Waals surface area contributed by atoms with Crippen LogP contribution in [0.2, 0.25) is 10.0 Å². The van der Waals surface area contributed by atoms with E-state index >= 15 is 0 Å². The van der Waals surface area contributed by atoms with Crippen LogP contribution in [0.1, 0.15) is 35.5 Å². The molecule has 0 saturated heterocycles. The highest BCUT2D eigenvalue weighted by molar-refractivity contribution is 6.36. The molecule has 11 heteroatoms. The number of nitro benzene ring substituents is 1. The highest BCUT2D eigenvalue weighted by atomic mass is 35.5. The second-order valence-electron chi connectivity index (χ2n) is 8.03. The number of benzene rings is 2. The third-order valence-corrected chi connectivity index (χ3v) is 5.57. The zero-order valence-corrected chi connectivity index (χ0v) is 20.6. The van der Waals surface area contributed by atoms with Crippen LogP contribution >= 0.6 is 23.2 Å². The van der Waals surface area contributed by atoms with E-state index in [0.29, 0.717) is 10.6 Å². The molecule has 35 heavy (non-hydrogen) atoms. The Bertz CT molecular complexity index is 1300. The SMILES string of the molecule is Cc1ccc(-c2ccc(C=NNC(=O)C(NC(=O)c3ccc(Cl)cc3Cl)C(C)C)o2)c([N+](=O)[O-])c1. The summed E-state index contributed by atoms with van der Waals surface area (Å²) in [5.74, 6) is -0.766. The van der Waals surface area contributed by atoms with Gasteiger partial charge >= 0.3 is 0 Å². The van der Waals surface area contributed by atoms with Crippen molar-refractivity contribution in [3.8, 4) is 11.3 Å². The first kappa shape index (κ1) is 25.9. The highest BCUT2D eigenvalue weighted by Gasteiger charge is 2.25. The quantitative estimate of drug-likeness (QED) is 0.236. The summed E-state index contributed by atoms with van der Waals surface area (Å²) in [6.45, 7) is 5.30. The monoisotopic (exact) mass is 516 g/mol. The van der Waals surface area contributed by atoms with Crippen molar-refractivity contribution in [3.05, 3.63) is 85.6 Å². The molecule has 3 rings (SSSR count). The molecule has 182 valence electrons. The fraction of sp³-hybridized carbons (Fsp3) is 0.208. The zero-order chi connectivity index (χ0) is 25.7. The van der Waals surface area contributed by atoms with E-state index in [0.717, 1.165) is 5.56 Å². The van der Waals surface area contributed by atoms with Gasteiger partial charge in [0.2, 0.25) is 0 Å². The van der Waals surface area contributed by atoms with E-state index in [1.165, 1.54) is 30.5 Å². The van der Waals surface area contributed by atoms with Gasteiger partial charge in [0.1, 0.15) is 17.6 Å². The normalized spacial score (nSPS) is 12.1. The molecule has 1 aromatic heterocycles. The Labute approximate surface area is 211 Å². The smallest absolute Gasteiger partial charge is 0.280 e. The van der Waals surface area contributed by atoms with Gasteiger partial charge in [-0.1, -0.05) is 43.1 Å². The number of aryl methyl sites for hydroxylation is 1. The predicted molar refractivity (Wildman–Crippen MR) is 134 cm³/mol. The summed E-state index contributed by atoms with van der Waals surface area (Å²) in [6, 6.07) is 11.5. The fourth-order valence-corrected chi connectivity index (χ4v) is 3.72. The number of halogens is 2. The summed E-state index contributed by atoms with van der Waals surface area (Å²) < 4.78 is 5.64. The van der Waals surface area contributed by atoms with Gasteiger partial charge in [0.25, 0.3) is 17.5 Å². The molecule has 0 fully saturated rings. The van der Waals surface area contributed by atoms with Gasteiger partial charge in [0, 0.05) is 11.1 Å². The Morgan fingerprint density at radius 1 is 1.11 bits per heavy atom. The predicted octanol–water partition coefficient (Wildman–Crippen LogP) is 5.37. The topological polar surface area (TPSA) is 127 Å². The number of carbonyl (C=O) groups is 2.